The van der Waals surface area contributed by atoms with E-state index in [-0.39, 0.29) is 27.6 Å². The van der Waals surface area contributed by atoms with E-state index < -0.39 is 23.8 Å². The molecule has 0 atom stereocenters. The minimum atomic E-state index is -1.16. The number of hydrogen-bond acceptors (Lipinski definition) is 6. The Balaban J connectivity index is 1.66. The average Bonchev–Trinajstić information content (AvgIpc) is 3.20. The van der Waals surface area contributed by atoms with Crippen LogP contribution in [0.15, 0.2) is 64.8 Å². The summed E-state index contributed by atoms with van der Waals surface area (Å²) in [5, 5.41) is 11.2. The van der Waals surface area contributed by atoms with Gasteiger partial charge in [-0.1, -0.05) is 17.7 Å². The molecule has 3 heterocycles. The minimum Gasteiger partial charge on any atom is -0.478 e. The number of carboxylic acids is 1. The van der Waals surface area contributed by atoms with Gasteiger partial charge in [0.1, 0.15) is 17.1 Å². The molecule has 4 rings (SSSR count). The van der Waals surface area contributed by atoms with E-state index >= 15 is 0 Å². The molecule has 0 radical (unpaired) electrons. The van der Waals surface area contributed by atoms with E-state index in [2.05, 4.69) is 10.3 Å². The third kappa shape index (κ3) is 3.81. The predicted molar refractivity (Wildman–Crippen MR) is 109 cm³/mol. The van der Waals surface area contributed by atoms with Gasteiger partial charge in [0.15, 0.2) is 0 Å². The van der Waals surface area contributed by atoms with Crippen molar-refractivity contribution in [2.45, 2.75) is 0 Å². The zero-order chi connectivity index (χ0) is 22.1. The normalized spacial score (nSPS) is 15.3. The minimum absolute atomic E-state index is 0.0359. The molecule has 1 aromatic carbocycles. The van der Waals surface area contributed by atoms with Crippen LogP contribution in [0, 0.1) is 0 Å². The van der Waals surface area contributed by atoms with Crippen molar-refractivity contribution in [2.75, 3.05) is 4.90 Å². The number of rotatable bonds is 4. The summed E-state index contributed by atoms with van der Waals surface area (Å²) < 4.78 is 5.66. The zero-order valence-corrected chi connectivity index (χ0v) is 16.3. The maximum absolute atomic E-state index is 12.8. The molecule has 0 spiro atoms. The number of nitrogens with one attached hydrogen (secondary N) is 1. The maximum Gasteiger partial charge on any atom is 0.337 e. The standard InChI is InChI=1S/C21H12ClN3O6/c22-16-8-11(3-5-14(16)20(28)29)17-6-4-13(31-17)9-15-18(26)24-21(30)25(19(15)27)12-2-1-7-23-10-12/h1-10H,(H,28,29)(H,24,26,30)/b15-9+. The Hall–Kier alpha value is -4.24. The molecule has 1 fully saturated rings. The molecular formula is C21H12ClN3O6. The Bertz CT molecular complexity index is 1270. The second-order valence-corrected chi connectivity index (χ2v) is 6.78. The van der Waals surface area contributed by atoms with Gasteiger partial charge in [-0.2, -0.15) is 0 Å². The zero-order valence-electron chi connectivity index (χ0n) is 15.5. The van der Waals surface area contributed by atoms with Crippen molar-refractivity contribution >= 4 is 47.2 Å². The first kappa shape index (κ1) is 20.0. The molecule has 9 nitrogen and oxygen atoms in total. The molecule has 4 amide bonds. The first-order valence-electron chi connectivity index (χ1n) is 8.79. The summed E-state index contributed by atoms with van der Waals surface area (Å²) in [5.41, 5.74) is 0.357. The van der Waals surface area contributed by atoms with Crippen LogP contribution in [0.4, 0.5) is 10.5 Å². The number of urea groups is 1. The summed E-state index contributed by atoms with van der Waals surface area (Å²) in [6.07, 6.45) is 4.02. The smallest absolute Gasteiger partial charge is 0.337 e. The number of aromatic carboxylic acids is 1. The number of anilines is 1. The molecule has 31 heavy (non-hydrogen) atoms. The lowest BCUT2D eigenvalue weighted by molar-refractivity contribution is -0.122. The van der Waals surface area contributed by atoms with E-state index in [1.165, 1.54) is 48.8 Å². The number of pyridine rings is 1. The highest BCUT2D eigenvalue weighted by atomic mass is 35.5. The van der Waals surface area contributed by atoms with Crippen LogP contribution in [0.1, 0.15) is 16.1 Å². The lowest BCUT2D eigenvalue weighted by Gasteiger charge is -2.25. The van der Waals surface area contributed by atoms with Gasteiger partial charge in [0.2, 0.25) is 0 Å². The Morgan fingerprint density at radius 2 is 1.97 bits per heavy atom. The van der Waals surface area contributed by atoms with Gasteiger partial charge >= 0.3 is 12.0 Å². The second-order valence-electron chi connectivity index (χ2n) is 6.37. The van der Waals surface area contributed by atoms with E-state index in [0.717, 1.165) is 4.90 Å². The van der Waals surface area contributed by atoms with Gasteiger partial charge in [-0.25, -0.2) is 14.5 Å². The highest BCUT2D eigenvalue weighted by Gasteiger charge is 2.37. The lowest BCUT2D eigenvalue weighted by atomic mass is 10.1. The maximum atomic E-state index is 12.8. The van der Waals surface area contributed by atoms with Gasteiger partial charge in [0.05, 0.1) is 22.5 Å². The van der Waals surface area contributed by atoms with Crippen molar-refractivity contribution in [3.8, 4) is 11.3 Å². The van der Waals surface area contributed by atoms with Crippen LogP contribution in [0.5, 0.6) is 0 Å². The Morgan fingerprint density at radius 1 is 1.16 bits per heavy atom. The molecule has 2 N–H and O–H groups in total. The van der Waals surface area contributed by atoms with Crippen molar-refractivity contribution in [2.24, 2.45) is 0 Å². The first-order valence-corrected chi connectivity index (χ1v) is 9.17. The molecule has 154 valence electrons. The number of imide groups is 2. The number of carbonyl (C=O) groups is 4. The SMILES string of the molecule is O=C1NC(=O)N(c2cccnc2)C(=O)/C1=C/c1ccc(-c2ccc(C(=O)O)c(Cl)c2)o1. The number of furan rings is 1. The molecular weight excluding hydrogens is 426 g/mol. The van der Waals surface area contributed by atoms with E-state index in [1.54, 1.807) is 12.1 Å². The predicted octanol–water partition coefficient (Wildman–Crippen LogP) is 3.36. The third-order valence-electron chi connectivity index (χ3n) is 4.40. The molecule has 10 heteroatoms. The van der Waals surface area contributed by atoms with E-state index in [0.29, 0.717) is 11.3 Å². The third-order valence-corrected chi connectivity index (χ3v) is 4.72. The second kappa shape index (κ2) is 7.88. The molecule has 0 saturated carbocycles. The van der Waals surface area contributed by atoms with Crippen LogP contribution in [-0.2, 0) is 9.59 Å². The van der Waals surface area contributed by atoms with Crippen LogP contribution in [0.3, 0.4) is 0 Å². The van der Waals surface area contributed by atoms with Crippen molar-refractivity contribution < 1.29 is 28.7 Å². The lowest BCUT2D eigenvalue weighted by Crippen LogP contribution is -2.54. The summed E-state index contributed by atoms with van der Waals surface area (Å²) in [5.74, 6) is -2.33. The summed E-state index contributed by atoms with van der Waals surface area (Å²) in [6.45, 7) is 0. The molecule has 0 aliphatic carbocycles. The molecule has 1 aliphatic rings. The van der Waals surface area contributed by atoms with E-state index in [4.69, 9.17) is 21.1 Å². The van der Waals surface area contributed by atoms with Crippen molar-refractivity contribution in [3.63, 3.8) is 0 Å². The summed E-state index contributed by atoms with van der Waals surface area (Å²) in [6, 6.07) is 9.57. The quantitative estimate of drug-likeness (QED) is 0.472. The highest BCUT2D eigenvalue weighted by molar-refractivity contribution is 6.39. The molecule has 1 aliphatic heterocycles. The van der Waals surface area contributed by atoms with Gasteiger partial charge < -0.3 is 9.52 Å². The van der Waals surface area contributed by atoms with Gasteiger partial charge in [0, 0.05) is 11.8 Å². The van der Waals surface area contributed by atoms with E-state index in [9.17, 15) is 19.2 Å². The molecule has 0 bridgehead atoms. The Labute approximate surface area is 179 Å². The first-order chi connectivity index (χ1) is 14.8. The van der Waals surface area contributed by atoms with Crippen molar-refractivity contribution in [1.82, 2.24) is 10.3 Å². The van der Waals surface area contributed by atoms with Gasteiger partial charge in [-0.15, -0.1) is 0 Å². The number of benzene rings is 1. The van der Waals surface area contributed by atoms with Crippen LogP contribution in [0.2, 0.25) is 5.02 Å². The topological polar surface area (TPSA) is 130 Å². The van der Waals surface area contributed by atoms with Gasteiger partial charge in [-0.05, 0) is 42.5 Å². The van der Waals surface area contributed by atoms with Crippen molar-refractivity contribution in [3.05, 3.63) is 76.8 Å². The average molecular weight is 438 g/mol. The number of carboxylic acid groups (broad SMARTS) is 1. The highest BCUT2D eigenvalue weighted by Crippen LogP contribution is 2.29. The van der Waals surface area contributed by atoms with Crippen LogP contribution < -0.4 is 10.2 Å². The number of aromatic nitrogens is 1. The Kier molecular flexibility index (Phi) is 5.10. The number of nitrogens with zero attached hydrogens (tertiary/aromatic N) is 2. The monoisotopic (exact) mass is 437 g/mol. The van der Waals surface area contributed by atoms with Crippen molar-refractivity contribution in [1.29, 1.82) is 0 Å². The van der Waals surface area contributed by atoms with Crippen LogP contribution >= 0.6 is 11.6 Å². The number of amides is 4. The number of halogens is 1. The molecule has 0 unspecified atom stereocenters. The Morgan fingerprint density at radius 3 is 2.65 bits per heavy atom. The van der Waals surface area contributed by atoms with E-state index in [1.807, 2.05) is 0 Å². The summed E-state index contributed by atoms with van der Waals surface area (Å²) in [7, 11) is 0. The molecule has 1 saturated heterocycles. The number of hydrogen-bond donors (Lipinski definition) is 2. The number of barbiturate groups is 1. The number of carbonyl (C=O) groups excluding carboxylic acids is 3. The summed E-state index contributed by atoms with van der Waals surface area (Å²) >= 11 is 5.99. The van der Waals surface area contributed by atoms with Gasteiger partial charge in [-0.3, -0.25) is 19.9 Å². The van der Waals surface area contributed by atoms with Crippen LogP contribution in [0.25, 0.3) is 17.4 Å². The van der Waals surface area contributed by atoms with Crippen LogP contribution in [-0.4, -0.2) is 33.9 Å². The largest absolute Gasteiger partial charge is 0.478 e. The molecule has 2 aromatic heterocycles. The fourth-order valence-electron chi connectivity index (χ4n) is 2.95. The fraction of sp³-hybridized carbons (Fsp3) is 0. The summed E-state index contributed by atoms with van der Waals surface area (Å²) in [4.78, 5) is 53.0. The van der Waals surface area contributed by atoms with Gasteiger partial charge in [0.25, 0.3) is 11.8 Å². The molecule has 3 aromatic rings. The fourth-order valence-corrected chi connectivity index (χ4v) is 3.21.